The molecule has 3 rings (SSSR count). The number of furan rings is 1. The third-order valence-electron chi connectivity index (χ3n) is 4.45. The zero-order valence-corrected chi connectivity index (χ0v) is 16.3. The van der Waals surface area contributed by atoms with Crippen molar-refractivity contribution in [3.8, 4) is 0 Å². The van der Waals surface area contributed by atoms with Crippen molar-refractivity contribution >= 4 is 34.1 Å². The zero-order chi connectivity index (χ0) is 20.1. The number of anilines is 1. The highest BCUT2D eigenvalue weighted by atomic mass is 32.1. The number of carbonyl (C=O) groups is 3. The van der Waals surface area contributed by atoms with Gasteiger partial charge < -0.3 is 24.9 Å². The third-order valence-corrected chi connectivity index (χ3v) is 5.62. The molecule has 28 heavy (non-hydrogen) atoms. The highest BCUT2D eigenvalue weighted by Crippen LogP contribution is 2.39. The molecule has 0 saturated carbocycles. The van der Waals surface area contributed by atoms with E-state index in [0.717, 1.165) is 29.7 Å². The Morgan fingerprint density at radius 3 is 2.89 bits per heavy atom. The second-order valence-corrected chi connectivity index (χ2v) is 7.86. The first kappa shape index (κ1) is 20.1. The topological polar surface area (TPSA) is 118 Å². The fourth-order valence-electron chi connectivity index (χ4n) is 3.14. The van der Waals surface area contributed by atoms with Gasteiger partial charge in [0.2, 0.25) is 0 Å². The number of rotatable bonds is 8. The molecule has 0 radical (unpaired) electrons. The molecular weight excluding hydrogens is 384 g/mol. The van der Waals surface area contributed by atoms with Gasteiger partial charge in [-0.25, -0.2) is 4.79 Å². The first-order valence-corrected chi connectivity index (χ1v) is 9.80. The smallest absolute Gasteiger partial charge is 0.329 e. The molecule has 1 aliphatic carbocycles. The lowest BCUT2D eigenvalue weighted by molar-refractivity contribution is -0.143. The first-order valence-electron chi connectivity index (χ1n) is 8.98. The van der Waals surface area contributed by atoms with Gasteiger partial charge in [-0.15, -0.1) is 11.3 Å². The summed E-state index contributed by atoms with van der Waals surface area (Å²) in [4.78, 5) is 36.6. The summed E-state index contributed by atoms with van der Waals surface area (Å²) in [6.07, 6.45) is 4.17. The van der Waals surface area contributed by atoms with Gasteiger partial charge in [0.25, 0.3) is 11.8 Å². The SMILES string of the molecule is C[C@@H]1CCc2c(sc(NC(=O)COCC(=O)O)c2C(=O)NCc2ccco2)C1. The van der Waals surface area contributed by atoms with Crippen molar-refractivity contribution in [1.29, 1.82) is 0 Å². The Balaban J connectivity index is 1.75. The Labute approximate surface area is 165 Å². The molecule has 150 valence electrons. The highest BCUT2D eigenvalue weighted by molar-refractivity contribution is 7.17. The van der Waals surface area contributed by atoms with E-state index in [9.17, 15) is 14.4 Å². The molecule has 2 heterocycles. The molecule has 8 nitrogen and oxygen atoms in total. The number of aliphatic carboxylic acids is 1. The van der Waals surface area contributed by atoms with E-state index in [4.69, 9.17) is 14.3 Å². The lowest BCUT2D eigenvalue weighted by Crippen LogP contribution is -2.26. The van der Waals surface area contributed by atoms with E-state index in [1.807, 2.05) is 0 Å². The number of thiophene rings is 1. The Bertz CT molecular complexity index is 858. The van der Waals surface area contributed by atoms with E-state index in [1.54, 1.807) is 12.1 Å². The predicted octanol–water partition coefficient (Wildman–Crippen LogP) is 2.44. The van der Waals surface area contributed by atoms with Crippen LogP contribution in [0.15, 0.2) is 22.8 Å². The number of amides is 2. The molecule has 0 aromatic carbocycles. The van der Waals surface area contributed by atoms with Crippen LogP contribution in [-0.2, 0) is 33.7 Å². The maximum absolute atomic E-state index is 12.9. The molecule has 0 saturated heterocycles. The summed E-state index contributed by atoms with van der Waals surface area (Å²) in [5.74, 6) is -0.754. The average molecular weight is 406 g/mol. The lowest BCUT2D eigenvalue weighted by Gasteiger charge is -2.18. The number of nitrogens with one attached hydrogen (secondary N) is 2. The number of carbonyl (C=O) groups excluding carboxylic acids is 2. The van der Waals surface area contributed by atoms with E-state index < -0.39 is 25.1 Å². The summed E-state index contributed by atoms with van der Waals surface area (Å²) >= 11 is 1.40. The molecule has 3 N–H and O–H groups in total. The van der Waals surface area contributed by atoms with Crippen molar-refractivity contribution in [2.75, 3.05) is 18.5 Å². The summed E-state index contributed by atoms with van der Waals surface area (Å²) in [7, 11) is 0. The molecule has 1 aliphatic rings. The molecule has 2 aromatic rings. The predicted molar refractivity (Wildman–Crippen MR) is 102 cm³/mol. The number of ether oxygens (including phenoxy) is 1. The van der Waals surface area contributed by atoms with Gasteiger partial charge in [-0.1, -0.05) is 6.92 Å². The van der Waals surface area contributed by atoms with Crippen LogP contribution in [0.1, 0.15) is 39.9 Å². The zero-order valence-electron chi connectivity index (χ0n) is 15.4. The third kappa shape index (κ3) is 4.99. The molecule has 2 amide bonds. The Kier molecular flexibility index (Phi) is 6.48. The van der Waals surface area contributed by atoms with Crippen LogP contribution in [0, 0.1) is 5.92 Å². The van der Waals surface area contributed by atoms with Crippen molar-refractivity contribution in [3.05, 3.63) is 40.2 Å². The molecular formula is C19H22N2O6S. The number of hydrogen-bond acceptors (Lipinski definition) is 6. The molecule has 0 spiro atoms. The van der Waals surface area contributed by atoms with Crippen molar-refractivity contribution in [1.82, 2.24) is 5.32 Å². The number of carboxylic acid groups (broad SMARTS) is 1. The van der Waals surface area contributed by atoms with E-state index in [0.29, 0.717) is 22.2 Å². The molecule has 1 atom stereocenters. The minimum atomic E-state index is -1.15. The summed E-state index contributed by atoms with van der Waals surface area (Å²) in [5, 5.41) is 14.6. The van der Waals surface area contributed by atoms with E-state index >= 15 is 0 Å². The van der Waals surface area contributed by atoms with Gasteiger partial charge in [-0.2, -0.15) is 0 Å². The quantitative estimate of drug-likeness (QED) is 0.620. The monoisotopic (exact) mass is 406 g/mol. The second-order valence-electron chi connectivity index (χ2n) is 6.75. The minimum absolute atomic E-state index is 0.252. The Morgan fingerprint density at radius 2 is 2.18 bits per heavy atom. The minimum Gasteiger partial charge on any atom is -0.480 e. The van der Waals surface area contributed by atoms with Crippen LogP contribution < -0.4 is 10.6 Å². The summed E-state index contributed by atoms with van der Waals surface area (Å²) in [6.45, 7) is 1.47. The Hall–Kier alpha value is -2.65. The maximum Gasteiger partial charge on any atom is 0.329 e. The van der Waals surface area contributed by atoms with E-state index in [1.165, 1.54) is 17.6 Å². The van der Waals surface area contributed by atoms with Crippen LogP contribution in [0.3, 0.4) is 0 Å². The summed E-state index contributed by atoms with van der Waals surface area (Å²) in [6, 6.07) is 3.52. The molecule has 0 aliphatic heterocycles. The lowest BCUT2D eigenvalue weighted by atomic mass is 9.88. The van der Waals surface area contributed by atoms with Crippen molar-refractivity contribution < 1.29 is 28.6 Å². The number of fused-ring (bicyclic) bond motifs is 1. The van der Waals surface area contributed by atoms with Crippen LogP contribution in [0.25, 0.3) is 0 Å². The molecule has 0 unspecified atom stereocenters. The van der Waals surface area contributed by atoms with Crippen LogP contribution in [0.2, 0.25) is 0 Å². The van der Waals surface area contributed by atoms with Gasteiger partial charge in [-0.3, -0.25) is 9.59 Å². The van der Waals surface area contributed by atoms with Gasteiger partial charge in [0, 0.05) is 4.88 Å². The molecule has 2 aromatic heterocycles. The summed E-state index contributed by atoms with van der Waals surface area (Å²) < 4.78 is 10.1. The van der Waals surface area contributed by atoms with Gasteiger partial charge in [0.15, 0.2) is 0 Å². The van der Waals surface area contributed by atoms with Gasteiger partial charge in [0.05, 0.1) is 18.4 Å². The van der Waals surface area contributed by atoms with Crippen LogP contribution >= 0.6 is 11.3 Å². The normalized spacial score (nSPS) is 15.7. The van der Waals surface area contributed by atoms with Crippen LogP contribution in [-0.4, -0.2) is 36.1 Å². The highest BCUT2D eigenvalue weighted by Gasteiger charge is 2.28. The molecule has 0 bridgehead atoms. The summed E-state index contributed by atoms with van der Waals surface area (Å²) in [5.41, 5.74) is 1.45. The first-order chi connectivity index (χ1) is 13.4. The number of hydrogen-bond donors (Lipinski definition) is 3. The van der Waals surface area contributed by atoms with E-state index in [2.05, 4.69) is 17.6 Å². The van der Waals surface area contributed by atoms with Gasteiger partial charge >= 0.3 is 5.97 Å². The second kappa shape index (κ2) is 9.03. The maximum atomic E-state index is 12.9. The van der Waals surface area contributed by atoms with Crippen molar-refractivity contribution in [2.24, 2.45) is 5.92 Å². The van der Waals surface area contributed by atoms with Crippen molar-refractivity contribution in [3.63, 3.8) is 0 Å². The fraction of sp³-hybridized carbons (Fsp3) is 0.421. The van der Waals surface area contributed by atoms with Gasteiger partial charge in [0.1, 0.15) is 24.0 Å². The Morgan fingerprint density at radius 1 is 1.36 bits per heavy atom. The largest absolute Gasteiger partial charge is 0.480 e. The molecule has 0 fully saturated rings. The van der Waals surface area contributed by atoms with Crippen molar-refractivity contribution in [2.45, 2.75) is 32.7 Å². The average Bonchev–Trinajstić information content (AvgIpc) is 3.26. The van der Waals surface area contributed by atoms with E-state index in [-0.39, 0.29) is 12.5 Å². The van der Waals surface area contributed by atoms with Crippen LogP contribution in [0.5, 0.6) is 0 Å². The number of carboxylic acids is 1. The molecule has 9 heteroatoms. The van der Waals surface area contributed by atoms with Crippen LogP contribution in [0.4, 0.5) is 5.00 Å². The van der Waals surface area contributed by atoms with Gasteiger partial charge in [-0.05, 0) is 42.9 Å². The fourth-order valence-corrected chi connectivity index (χ4v) is 4.57. The standard InChI is InChI=1S/C19H22N2O6S/c1-11-4-5-13-14(7-11)28-19(21-15(22)9-26-10-16(23)24)17(13)18(25)20-8-12-3-2-6-27-12/h2-3,6,11H,4-5,7-10H2,1H3,(H,20,25)(H,21,22)(H,23,24)/t11-/m1/s1.